The Kier molecular flexibility index (Phi) is 8.85. The molecule has 2 atom stereocenters. The van der Waals surface area contributed by atoms with E-state index in [1.807, 2.05) is 12.1 Å². The summed E-state index contributed by atoms with van der Waals surface area (Å²) in [6.45, 7) is 8.35. The van der Waals surface area contributed by atoms with Gasteiger partial charge in [-0.05, 0) is 35.7 Å². The molecule has 0 saturated heterocycles. The summed E-state index contributed by atoms with van der Waals surface area (Å²) in [6, 6.07) is 12.5. The van der Waals surface area contributed by atoms with Gasteiger partial charge < -0.3 is 24.0 Å². The van der Waals surface area contributed by atoms with Crippen molar-refractivity contribution in [2.75, 3.05) is 33.9 Å². The largest absolute Gasteiger partial charge is 0.497 e. The number of aliphatic hydroxyl groups is 1. The molecule has 150 valence electrons. The van der Waals surface area contributed by atoms with Crippen molar-refractivity contribution in [3.8, 4) is 5.75 Å². The van der Waals surface area contributed by atoms with E-state index in [1.54, 1.807) is 14.2 Å². The molecule has 1 aromatic carbocycles. The number of aliphatic hydroxyl groups excluding tert-OH is 1. The van der Waals surface area contributed by atoms with Gasteiger partial charge in [0.05, 0.1) is 26.0 Å². The molecule has 0 spiro atoms. The number of hydrogen-bond donors (Lipinski definition) is 2. The van der Waals surface area contributed by atoms with E-state index >= 15 is 0 Å². The summed E-state index contributed by atoms with van der Waals surface area (Å²) in [4.78, 5) is 1.39. The first-order chi connectivity index (χ1) is 13.0. The lowest BCUT2D eigenvalue weighted by atomic mass is 10.1. The predicted molar refractivity (Wildman–Crippen MR) is 108 cm³/mol. The summed E-state index contributed by atoms with van der Waals surface area (Å²) < 4.78 is 12.8. The van der Waals surface area contributed by atoms with Gasteiger partial charge >= 0.3 is 0 Å². The summed E-state index contributed by atoms with van der Waals surface area (Å²) >= 11 is 0. The van der Waals surface area contributed by atoms with Crippen LogP contribution in [-0.4, -0.2) is 49.7 Å². The number of aromatic nitrogens is 1. The number of hydrogen-bond acceptors (Lipinski definition) is 3. The Morgan fingerprint density at radius 2 is 1.96 bits per heavy atom. The molecule has 0 aliphatic carbocycles. The maximum atomic E-state index is 10.4. The summed E-state index contributed by atoms with van der Waals surface area (Å²) in [5.41, 5.74) is 2.50. The minimum Gasteiger partial charge on any atom is -0.497 e. The van der Waals surface area contributed by atoms with Crippen LogP contribution < -0.4 is 9.64 Å². The molecule has 1 heterocycles. The van der Waals surface area contributed by atoms with Crippen molar-refractivity contribution >= 4 is 0 Å². The highest BCUT2D eigenvalue weighted by molar-refractivity contribution is 5.29. The topological polar surface area (TPSA) is 48.1 Å². The maximum Gasteiger partial charge on any atom is 0.119 e. The van der Waals surface area contributed by atoms with Gasteiger partial charge in [-0.15, -0.1) is 0 Å². The fraction of sp³-hybridized carbons (Fsp3) is 0.545. The lowest BCUT2D eigenvalue weighted by Crippen LogP contribution is -3.12. The van der Waals surface area contributed by atoms with Crippen molar-refractivity contribution in [1.29, 1.82) is 0 Å². The highest BCUT2D eigenvalue weighted by Gasteiger charge is 2.19. The molecule has 0 bridgehead atoms. The van der Waals surface area contributed by atoms with E-state index in [0.717, 1.165) is 45.0 Å². The van der Waals surface area contributed by atoms with Crippen molar-refractivity contribution in [3.63, 3.8) is 0 Å². The maximum absolute atomic E-state index is 10.4. The fourth-order valence-electron chi connectivity index (χ4n) is 3.25. The zero-order chi connectivity index (χ0) is 19.6. The number of nitrogens with one attached hydrogen (secondary N) is 1. The van der Waals surface area contributed by atoms with Crippen LogP contribution in [0.15, 0.2) is 42.6 Å². The third kappa shape index (κ3) is 7.01. The molecular formula is C22H35N2O3+. The molecule has 0 aliphatic rings. The molecule has 0 fully saturated rings. The van der Waals surface area contributed by atoms with Crippen molar-refractivity contribution in [1.82, 2.24) is 4.57 Å². The van der Waals surface area contributed by atoms with Crippen LogP contribution in [0.2, 0.25) is 0 Å². The lowest BCUT2D eigenvalue weighted by molar-refractivity contribution is -0.918. The van der Waals surface area contributed by atoms with Crippen LogP contribution in [0.25, 0.3) is 0 Å². The SMILES string of the molecule is COCCC[NH+](Cc1cccn1Cc1cccc(OC)c1)C[C@H](O)C(C)C. The average Bonchev–Trinajstić information content (AvgIpc) is 3.08. The number of rotatable bonds is 12. The van der Waals surface area contributed by atoms with E-state index < -0.39 is 0 Å². The molecule has 2 aromatic rings. The highest BCUT2D eigenvalue weighted by Crippen LogP contribution is 2.14. The number of nitrogens with zero attached hydrogens (tertiary/aromatic N) is 1. The Balaban J connectivity index is 2.07. The molecule has 5 heteroatoms. The molecule has 0 amide bonds. The van der Waals surface area contributed by atoms with Gasteiger partial charge in [-0.2, -0.15) is 0 Å². The fourth-order valence-corrected chi connectivity index (χ4v) is 3.25. The van der Waals surface area contributed by atoms with Crippen LogP contribution in [0.3, 0.4) is 0 Å². The van der Waals surface area contributed by atoms with Crippen LogP contribution in [-0.2, 0) is 17.8 Å². The van der Waals surface area contributed by atoms with Gasteiger partial charge in [0.2, 0.25) is 0 Å². The molecule has 0 aliphatic heterocycles. The van der Waals surface area contributed by atoms with Gasteiger partial charge in [0.15, 0.2) is 0 Å². The van der Waals surface area contributed by atoms with Crippen molar-refractivity contribution in [2.45, 2.75) is 39.5 Å². The molecule has 0 radical (unpaired) electrons. The van der Waals surface area contributed by atoms with E-state index in [1.165, 1.54) is 16.2 Å². The first kappa shape index (κ1) is 21.5. The Labute approximate surface area is 163 Å². The second kappa shape index (κ2) is 11.1. The quantitative estimate of drug-likeness (QED) is 0.558. The minimum atomic E-state index is -0.288. The van der Waals surface area contributed by atoms with E-state index in [4.69, 9.17) is 9.47 Å². The van der Waals surface area contributed by atoms with Gasteiger partial charge in [0, 0.05) is 26.3 Å². The monoisotopic (exact) mass is 375 g/mol. The number of ether oxygens (including phenoxy) is 2. The Hall–Kier alpha value is -1.82. The molecule has 2 rings (SSSR count). The van der Waals surface area contributed by atoms with Gasteiger partial charge in [-0.3, -0.25) is 0 Å². The molecule has 1 aromatic heterocycles. The summed E-state index contributed by atoms with van der Waals surface area (Å²) in [7, 11) is 3.43. The van der Waals surface area contributed by atoms with Crippen molar-refractivity contribution in [3.05, 3.63) is 53.9 Å². The van der Waals surface area contributed by atoms with Gasteiger partial charge in [0.1, 0.15) is 24.9 Å². The second-order valence-electron chi connectivity index (χ2n) is 7.52. The lowest BCUT2D eigenvalue weighted by Gasteiger charge is -2.24. The molecule has 27 heavy (non-hydrogen) atoms. The molecule has 1 unspecified atom stereocenters. The van der Waals surface area contributed by atoms with E-state index in [-0.39, 0.29) is 12.0 Å². The summed E-state index contributed by atoms with van der Waals surface area (Å²) in [5, 5.41) is 10.4. The van der Waals surface area contributed by atoms with Crippen molar-refractivity contribution in [2.24, 2.45) is 5.92 Å². The number of benzene rings is 1. The number of quaternary nitrogens is 1. The highest BCUT2D eigenvalue weighted by atomic mass is 16.5. The zero-order valence-corrected chi connectivity index (χ0v) is 17.1. The first-order valence-corrected chi connectivity index (χ1v) is 9.81. The standard InChI is InChI=1S/C22H34N2O3/c1-18(2)22(25)17-23(11-7-13-26-3)16-20-9-6-12-24(20)15-19-8-5-10-21(14-19)27-4/h5-6,8-10,12,14,18,22,25H,7,11,13,15-17H2,1-4H3/p+1/t22-/m0/s1. The van der Waals surface area contributed by atoms with Crippen LogP contribution in [0, 0.1) is 5.92 Å². The van der Waals surface area contributed by atoms with Gasteiger partial charge in [-0.25, -0.2) is 0 Å². The van der Waals surface area contributed by atoms with E-state index in [0.29, 0.717) is 0 Å². The van der Waals surface area contributed by atoms with Crippen LogP contribution in [0.1, 0.15) is 31.5 Å². The summed E-state index contributed by atoms with van der Waals surface area (Å²) in [5.74, 6) is 1.15. The smallest absolute Gasteiger partial charge is 0.119 e. The second-order valence-corrected chi connectivity index (χ2v) is 7.52. The van der Waals surface area contributed by atoms with E-state index in [2.05, 4.69) is 48.9 Å². The Morgan fingerprint density at radius 3 is 2.67 bits per heavy atom. The van der Waals surface area contributed by atoms with Gasteiger partial charge in [0.25, 0.3) is 0 Å². The normalized spacial score (nSPS) is 13.7. The third-order valence-electron chi connectivity index (χ3n) is 4.99. The molecular weight excluding hydrogens is 340 g/mol. The predicted octanol–water partition coefficient (Wildman–Crippen LogP) is 1.98. The number of methoxy groups -OCH3 is 2. The third-order valence-corrected chi connectivity index (χ3v) is 4.99. The molecule has 5 nitrogen and oxygen atoms in total. The minimum absolute atomic E-state index is 0.269. The molecule has 0 saturated carbocycles. The molecule has 2 N–H and O–H groups in total. The van der Waals surface area contributed by atoms with Crippen LogP contribution >= 0.6 is 0 Å². The van der Waals surface area contributed by atoms with Crippen LogP contribution in [0.4, 0.5) is 0 Å². The zero-order valence-electron chi connectivity index (χ0n) is 17.1. The van der Waals surface area contributed by atoms with Gasteiger partial charge in [-0.1, -0.05) is 26.0 Å². The van der Waals surface area contributed by atoms with Crippen LogP contribution in [0.5, 0.6) is 5.75 Å². The average molecular weight is 376 g/mol. The Bertz CT molecular complexity index is 669. The van der Waals surface area contributed by atoms with E-state index in [9.17, 15) is 5.11 Å². The first-order valence-electron chi connectivity index (χ1n) is 9.81. The summed E-state index contributed by atoms with van der Waals surface area (Å²) in [6.07, 6.45) is 2.83. The Morgan fingerprint density at radius 1 is 1.15 bits per heavy atom. The van der Waals surface area contributed by atoms with Crippen molar-refractivity contribution < 1.29 is 19.5 Å².